The van der Waals surface area contributed by atoms with E-state index >= 15 is 0 Å². The summed E-state index contributed by atoms with van der Waals surface area (Å²) in [5.74, 6) is -3.66. The number of hydrogen-bond acceptors (Lipinski definition) is 8. The van der Waals surface area contributed by atoms with Gasteiger partial charge in [0.05, 0.1) is 17.5 Å². The van der Waals surface area contributed by atoms with E-state index in [1.54, 1.807) is 12.1 Å². The molecule has 0 heterocycles. The molecule has 0 saturated heterocycles. The predicted octanol–water partition coefficient (Wildman–Crippen LogP) is 3.24. The zero-order chi connectivity index (χ0) is 27.3. The first-order chi connectivity index (χ1) is 17.6. The molecule has 2 unspecified atom stereocenters. The highest BCUT2D eigenvalue weighted by Crippen LogP contribution is 2.22. The van der Waals surface area contributed by atoms with Crippen LogP contribution in [0.25, 0.3) is 0 Å². The molecule has 13 heteroatoms. The number of amides is 2. The van der Waals surface area contributed by atoms with Gasteiger partial charge in [-0.05, 0) is 42.5 Å². The Kier molecular flexibility index (Phi) is 11.6. The van der Waals surface area contributed by atoms with Crippen LogP contribution in [0.2, 0.25) is 0 Å². The second-order valence-electron chi connectivity index (χ2n) is 8.14. The summed E-state index contributed by atoms with van der Waals surface area (Å²) in [5, 5.41) is 25.6. The first-order valence-corrected chi connectivity index (χ1v) is 11.5. The number of carbonyl (C=O) groups is 2. The van der Waals surface area contributed by atoms with Crippen LogP contribution in [0.1, 0.15) is 30.4 Å². The average Bonchev–Trinajstić information content (AvgIpc) is 2.90. The largest absolute Gasteiger partial charge is 0.445 e. The number of alkyl halides is 2. The quantitative estimate of drug-likeness (QED) is 0.166. The molecule has 0 spiro atoms. The molecule has 11 nitrogen and oxygen atoms in total. The summed E-state index contributed by atoms with van der Waals surface area (Å²) in [6.45, 7) is -1.11. The van der Waals surface area contributed by atoms with Crippen molar-refractivity contribution in [2.45, 2.75) is 50.5 Å². The Morgan fingerprint density at radius 1 is 1.00 bits per heavy atom. The lowest BCUT2D eigenvalue weighted by molar-refractivity contribution is -0.384. The van der Waals surface area contributed by atoms with Crippen LogP contribution >= 0.6 is 0 Å². The summed E-state index contributed by atoms with van der Waals surface area (Å²) in [5.41, 5.74) is 6.18. The number of nitro benzene ring substituents is 1. The van der Waals surface area contributed by atoms with Crippen molar-refractivity contribution in [2.75, 3.05) is 13.1 Å². The number of non-ortho nitro benzene ring substituents is 1. The molecule has 2 amide bonds. The maximum Gasteiger partial charge on any atom is 0.407 e. The average molecular weight is 525 g/mol. The van der Waals surface area contributed by atoms with E-state index in [4.69, 9.17) is 15.2 Å². The van der Waals surface area contributed by atoms with Gasteiger partial charge in [-0.15, -0.1) is 0 Å². The van der Waals surface area contributed by atoms with Crippen LogP contribution < -0.4 is 16.4 Å². The van der Waals surface area contributed by atoms with E-state index in [-0.39, 0.29) is 38.3 Å². The van der Waals surface area contributed by atoms with Gasteiger partial charge in [0.15, 0.2) is 0 Å². The number of hydrogen-bond donors (Lipinski definition) is 4. The zero-order valence-corrected chi connectivity index (χ0v) is 20.0. The summed E-state index contributed by atoms with van der Waals surface area (Å²) in [6, 6.07) is 12.9. The highest BCUT2D eigenvalue weighted by Gasteiger charge is 2.42. The molecule has 0 aliphatic carbocycles. The molecule has 5 N–H and O–H groups in total. The Morgan fingerprint density at radius 2 is 1.59 bits per heavy atom. The maximum atomic E-state index is 14.0. The number of nitrogens with zero attached hydrogens (tertiary/aromatic N) is 1. The number of aliphatic hydroxyl groups is 1. The zero-order valence-electron chi connectivity index (χ0n) is 20.0. The molecule has 202 valence electrons. The Labute approximate surface area is 212 Å². The van der Waals surface area contributed by atoms with E-state index in [1.807, 2.05) is 18.2 Å². The fourth-order valence-electron chi connectivity index (χ4n) is 3.23. The number of alkyl carbamates (subject to hydrolysis) is 2. The number of halogens is 2. The highest BCUT2D eigenvalue weighted by atomic mass is 19.3. The Hall–Kier alpha value is -3.84. The number of benzene rings is 2. The molecule has 2 atom stereocenters. The predicted molar refractivity (Wildman–Crippen MR) is 129 cm³/mol. The molecule has 2 aromatic carbocycles. The van der Waals surface area contributed by atoms with Crippen molar-refractivity contribution in [1.82, 2.24) is 10.6 Å². The van der Waals surface area contributed by atoms with Crippen LogP contribution in [-0.2, 0) is 22.7 Å². The second-order valence-corrected chi connectivity index (χ2v) is 8.14. The number of unbranched alkanes of at least 4 members (excludes halogenated alkanes) is 1. The van der Waals surface area contributed by atoms with Crippen LogP contribution in [0.3, 0.4) is 0 Å². The Balaban J connectivity index is 1.79. The number of nitro groups is 1. The van der Waals surface area contributed by atoms with Crippen molar-refractivity contribution in [3.8, 4) is 0 Å². The number of nitrogens with one attached hydrogen (secondary N) is 2. The normalized spacial score (nSPS) is 12.8. The van der Waals surface area contributed by atoms with Crippen molar-refractivity contribution < 1.29 is 37.9 Å². The number of rotatable bonds is 14. The summed E-state index contributed by atoms with van der Waals surface area (Å²) in [4.78, 5) is 34.1. The van der Waals surface area contributed by atoms with E-state index in [0.29, 0.717) is 12.0 Å². The summed E-state index contributed by atoms with van der Waals surface area (Å²) < 4.78 is 38.1. The van der Waals surface area contributed by atoms with Gasteiger partial charge in [0.1, 0.15) is 19.3 Å². The molecule has 2 aromatic rings. The maximum absolute atomic E-state index is 14.0. The first-order valence-electron chi connectivity index (χ1n) is 11.5. The molecule has 0 aromatic heterocycles. The number of aliphatic hydroxyl groups excluding tert-OH is 1. The van der Waals surface area contributed by atoms with E-state index in [2.05, 4.69) is 10.6 Å². The molecule has 0 saturated carbocycles. The number of ether oxygens (including phenoxy) is 2. The van der Waals surface area contributed by atoms with Crippen LogP contribution in [0.5, 0.6) is 0 Å². The lowest BCUT2D eigenvalue weighted by Gasteiger charge is -2.29. The van der Waals surface area contributed by atoms with Crippen molar-refractivity contribution in [3.63, 3.8) is 0 Å². The van der Waals surface area contributed by atoms with Gasteiger partial charge in [-0.25, -0.2) is 18.4 Å². The minimum absolute atomic E-state index is 0.0515. The Morgan fingerprint density at radius 3 is 2.19 bits per heavy atom. The van der Waals surface area contributed by atoms with Gasteiger partial charge in [0.2, 0.25) is 0 Å². The van der Waals surface area contributed by atoms with Crippen LogP contribution in [0.4, 0.5) is 24.1 Å². The monoisotopic (exact) mass is 524 g/mol. The molecular formula is C24H30F2N4O7. The minimum atomic E-state index is -3.66. The SMILES string of the molecule is NCC(F)(F)C(O)C(CCCCNC(=O)OCc1ccccc1)NC(=O)OCc1ccc([N+](=O)[O-])cc1. The molecule has 0 fully saturated rings. The van der Waals surface area contributed by atoms with E-state index in [1.165, 1.54) is 24.3 Å². The first kappa shape index (κ1) is 29.4. The summed E-state index contributed by atoms with van der Waals surface area (Å²) in [7, 11) is 0. The van der Waals surface area contributed by atoms with Gasteiger partial charge in [0.25, 0.3) is 11.6 Å². The van der Waals surface area contributed by atoms with Gasteiger partial charge >= 0.3 is 12.2 Å². The lowest BCUT2D eigenvalue weighted by atomic mass is 9.99. The van der Waals surface area contributed by atoms with Gasteiger partial charge in [-0.2, -0.15) is 0 Å². The number of nitrogens with two attached hydrogens (primary N) is 1. The second kappa shape index (κ2) is 14.7. The van der Waals surface area contributed by atoms with Gasteiger partial charge < -0.3 is 30.9 Å². The van der Waals surface area contributed by atoms with Gasteiger partial charge in [0, 0.05) is 18.7 Å². The van der Waals surface area contributed by atoms with E-state index < -0.39 is 41.7 Å². The molecule has 0 aliphatic heterocycles. The lowest BCUT2D eigenvalue weighted by Crippen LogP contribution is -2.54. The third-order valence-corrected chi connectivity index (χ3v) is 5.33. The molecule has 0 radical (unpaired) electrons. The fraction of sp³-hybridized carbons (Fsp3) is 0.417. The van der Waals surface area contributed by atoms with E-state index in [9.17, 15) is 33.6 Å². The number of carbonyl (C=O) groups excluding carboxylic acids is 2. The molecule has 2 rings (SSSR count). The molecular weight excluding hydrogens is 494 g/mol. The Bertz CT molecular complexity index is 1010. The van der Waals surface area contributed by atoms with Crippen LogP contribution in [0.15, 0.2) is 54.6 Å². The standard InChI is InChI=1S/C24H30F2N4O7/c25-24(26,16-27)21(31)20(29-23(33)37-15-18-9-11-19(12-10-18)30(34)35)8-4-5-13-28-22(32)36-14-17-6-2-1-3-7-17/h1-3,6-7,9-12,20-21,31H,4-5,8,13-16,27H2,(H,28,32)(H,29,33). The molecule has 0 aliphatic rings. The molecule has 0 bridgehead atoms. The van der Waals surface area contributed by atoms with E-state index in [0.717, 1.165) is 5.56 Å². The van der Waals surface area contributed by atoms with Crippen molar-refractivity contribution >= 4 is 17.9 Å². The topological polar surface area (TPSA) is 166 Å². The highest BCUT2D eigenvalue weighted by molar-refractivity contribution is 5.68. The third-order valence-electron chi connectivity index (χ3n) is 5.33. The van der Waals surface area contributed by atoms with Crippen molar-refractivity contribution in [1.29, 1.82) is 0 Å². The summed E-state index contributed by atoms with van der Waals surface area (Å²) >= 11 is 0. The summed E-state index contributed by atoms with van der Waals surface area (Å²) in [6.07, 6.45) is -3.39. The van der Waals surface area contributed by atoms with Crippen LogP contribution in [-0.4, -0.2) is 53.4 Å². The van der Waals surface area contributed by atoms with Crippen LogP contribution in [0, 0.1) is 10.1 Å². The fourth-order valence-corrected chi connectivity index (χ4v) is 3.23. The van der Waals surface area contributed by atoms with Crippen molar-refractivity contribution in [2.24, 2.45) is 5.73 Å². The van der Waals surface area contributed by atoms with Gasteiger partial charge in [-0.3, -0.25) is 10.1 Å². The smallest absolute Gasteiger partial charge is 0.407 e. The van der Waals surface area contributed by atoms with Gasteiger partial charge in [-0.1, -0.05) is 30.3 Å². The third kappa shape index (κ3) is 10.4. The minimum Gasteiger partial charge on any atom is -0.445 e. The van der Waals surface area contributed by atoms with Crippen molar-refractivity contribution in [3.05, 3.63) is 75.8 Å². The molecule has 37 heavy (non-hydrogen) atoms.